The van der Waals surface area contributed by atoms with Crippen molar-refractivity contribution in [2.24, 2.45) is 5.73 Å². The Labute approximate surface area is 125 Å². The number of carboxylic acid groups (broad SMARTS) is 1. The number of benzene rings is 1. The van der Waals surface area contributed by atoms with Gasteiger partial charge in [-0.1, -0.05) is 25.3 Å². The van der Waals surface area contributed by atoms with E-state index >= 15 is 0 Å². The van der Waals surface area contributed by atoms with Crippen LogP contribution in [0.4, 0.5) is 5.69 Å². The number of carboxylic acids is 1. The second-order valence-corrected chi connectivity index (χ2v) is 5.99. The highest BCUT2D eigenvalue weighted by atomic mass is 79.9. The van der Waals surface area contributed by atoms with Crippen LogP contribution in [-0.4, -0.2) is 22.5 Å². The Kier molecular flexibility index (Phi) is 4.45. The lowest BCUT2D eigenvalue weighted by atomic mass is 9.82. The molecule has 0 aliphatic heterocycles. The van der Waals surface area contributed by atoms with Crippen LogP contribution in [0.3, 0.4) is 0 Å². The third-order valence-corrected chi connectivity index (χ3v) is 4.34. The van der Waals surface area contributed by atoms with E-state index in [2.05, 4.69) is 21.2 Å². The van der Waals surface area contributed by atoms with Gasteiger partial charge in [0.1, 0.15) is 0 Å². The van der Waals surface area contributed by atoms with Crippen molar-refractivity contribution in [3.05, 3.63) is 28.2 Å². The molecular formula is C14H17BrN2O3. The summed E-state index contributed by atoms with van der Waals surface area (Å²) in [5.41, 5.74) is 5.56. The fourth-order valence-corrected chi connectivity index (χ4v) is 2.94. The number of aromatic carboxylic acids is 1. The number of nitrogens with one attached hydrogen (secondary N) is 1. The van der Waals surface area contributed by atoms with Crippen molar-refractivity contribution in [2.75, 3.05) is 5.32 Å². The van der Waals surface area contributed by atoms with Gasteiger partial charge in [-0.3, -0.25) is 4.79 Å². The lowest BCUT2D eigenvalue weighted by Gasteiger charge is -2.32. The molecule has 20 heavy (non-hydrogen) atoms. The molecular weight excluding hydrogens is 324 g/mol. The zero-order chi connectivity index (χ0) is 14.8. The third kappa shape index (κ3) is 3.02. The molecule has 108 valence electrons. The average molecular weight is 341 g/mol. The molecule has 4 N–H and O–H groups in total. The highest BCUT2D eigenvalue weighted by molar-refractivity contribution is 9.10. The number of halogens is 1. The summed E-state index contributed by atoms with van der Waals surface area (Å²) in [5, 5.41) is 11.9. The van der Waals surface area contributed by atoms with E-state index in [0.29, 0.717) is 17.3 Å². The molecule has 0 aromatic heterocycles. The Hall–Kier alpha value is -1.40. The maximum Gasteiger partial charge on any atom is 0.337 e. The summed E-state index contributed by atoms with van der Waals surface area (Å²) in [5.74, 6) is -1.40. The van der Waals surface area contributed by atoms with E-state index < -0.39 is 11.5 Å². The molecule has 1 fully saturated rings. The highest BCUT2D eigenvalue weighted by Gasteiger charge is 2.36. The van der Waals surface area contributed by atoms with Gasteiger partial charge >= 0.3 is 5.97 Å². The van der Waals surface area contributed by atoms with Gasteiger partial charge in [0.15, 0.2) is 0 Å². The normalized spacial score (nSPS) is 17.5. The topological polar surface area (TPSA) is 92.4 Å². The molecule has 0 radical (unpaired) electrons. The van der Waals surface area contributed by atoms with E-state index in [9.17, 15) is 14.7 Å². The van der Waals surface area contributed by atoms with Crippen LogP contribution >= 0.6 is 15.9 Å². The van der Waals surface area contributed by atoms with Crippen LogP contribution in [0.1, 0.15) is 42.5 Å². The molecule has 0 unspecified atom stereocenters. The minimum Gasteiger partial charge on any atom is -0.478 e. The van der Waals surface area contributed by atoms with Crippen LogP contribution in [0.15, 0.2) is 22.7 Å². The number of carbonyl (C=O) groups is 2. The van der Waals surface area contributed by atoms with Crippen LogP contribution in [-0.2, 0) is 4.79 Å². The molecule has 1 amide bonds. The molecule has 0 heterocycles. The van der Waals surface area contributed by atoms with Gasteiger partial charge in [0.2, 0.25) is 5.91 Å². The molecule has 1 aromatic rings. The number of carbonyl (C=O) groups excluding carboxylic acids is 1. The van der Waals surface area contributed by atoms with Crippen molar-refractivity contribution >= 4 is 33.5 Å². The molecule has 1 saturated carbocycles. The van der Waals surface area contributed by atoms with Crippen LogP contribution < -0.4 is 11.1 Å². The summed E-state index contributed by atoms with van der Waals surface area (Å²) in [6, 6.07) is 4.75. The van der Waals surface area contributed by atoms with Crippen molar-refractivity contribution in [3.8, 4) is 0 Å². The summed E-state index contributed by atoms with van der Waals surface area (Å²) in [4.78, 5) is 23.6. The van der Waals surface area contributed by atoms with Gasteiger partial charge in [0.05, 0.1) is 16.8 Å². The Morgan fingerprint density at radius 1 is 1.25 bits per heavy atom. The molecule has 1 aromatic carbocycles. The quantitative estimate of drug-likeness (QED) is 0.788. The first-order valence-electron chi connectivity index (χ1n) is 6.56. The van der Waals surface area contributed by atoms with Gasteiger partial charge in [-0.05, 0) is 40.9 Å². The molecule has 0 atom stereocenters. The molecule has 0 spiro atoms. The number of hydrogen-bond donors (Lipinski definition) is 3. The average Bonchev–Trinajstić information content (AvgIpc) is 2.41. The highest BCUT2D eigenvalue weighted by Crippen LogP contribution is 2.31. The number of anilines is 1. The van der Waals surface area contributed by atoms with E-state index in [1.807, 2.05) is 0 Å². The monoisotopic (exact) mass is 340 g/mol. The molecule has 0 bridgehead atoms. The van der Waals surface area contributed by atoms with Crippen molar-refractivity contribution in [1.29, 1.82) is 0 Å². The molecule has 6 heteroatoms. The van der Waals surface area contributed by atoms with Gasteiger partial charge in [-0.25, -0.2) is 4.79 Å². The van der Waals surface area contributed by atoms with Crippen LogP contribution in [0.2, 0.25) is 0 Å². The minimum atomic E-state index is -1.09. The second-order valence-electron chi connectivity index (χ2n) is 5.14. The van der Waals surface area contributed by atoms with Crippen LogP contribution in [0, 0.1) is 0 Å². The van der Waals surface area contributed by atoms with E-state index in [1.165, 1.54) is 6.07 Å². The Morgan fingerprint density at radius 2 is 1.90 bits per heavy atom. The van der Waals surface area contributed by atoms with Crippen molar-refractivity contribution in [1.82, 2.24) is 0 Å². The zero-order valence-corrected chi connectivity index (χ0v) is 12.6. The van der Waals surface area contributed by atoms with E-state index in [4.69, 9.17) is 5.73 Å². The van der Waals surface area contributed by atoms with Crippen LogP contribution in [0.25, 0.3) is 0 Å². The summed E-state index contributed by atoms with van der Waals surface area (Å²) >= 11 is 3.27. The third-order valence-electron chi connectivity index (χ3n) is 3.68. The maximum absolute atomic E-state index is 12.4. The zero-order valence-electron chi connectivity index (χ0n) is 11.0. The number of rotatable bonds is 3. The van der Waals surface area contributed by atoms with E-state index in [0.717, 1.165) is 19.3 Å². The lowest BCUT2D eigenvalue weighted by Crippen LogP contribution is -2.52. The fraction of sp³-hybridized carbons (Fsp3) is 0.429. The van der Waals surface area contributed by atoms with Gasteiger partial charge < -0.3 is 16.2 Å². The molecule has 0 saturated heterocycles. The summed E-state index contributed by atoms with van der Waals surface area (Å²) in [6.07, 6.45) is 4.19. The number of nitrogens with two attached hydrogens (primary N) is 1. The predicted molar refractivity (Wildman–Crippen MR) is 79.7 cm³/mol. The van der Waals surface area contributed by atoms with Gasteiger partial charge in [0.25, 0.3) is 0 Å². The molecule has 5 nitrogen and oxygen atoms in total. The smallest absolute Gasteiger partial charge is 0.337 e. The molecule has 2 rings (SSSR count). The number of hydrogen-bond acceptors (Lipinski definition) is 3. The van der Waals surface area contributed by atoms with Gasteiger partial charge in [0, 0.05) is 4.47 Å². The summed E-state index contributed by atoms with van der Waals surface area (Å²) in [6.45, 7) is 0. The van der Waals surface area contributed by atoms with E-state index in [1.54, 1.807) is 12.1 Å². The lowest BCUT2D eigenvalue weighted by molar-refractivity contribution is -0.122. The van der Waals surface area contributed by atoms with Crippen molar-refractivity contribution in [3.63, 3.8) is 0 Å². The van der Waals surface area contributed by atoms with Crippen molar-refractivity contribution in [2.45, 2.75) is 37.6 Å². The predicted octanol–water partition coefficient (Wildman–Crippen LogP) is 2.75. The summed E-state index contributed by atoms with van der Waals surface area (Å²) in [7, 11) is 0. The Balaban J connectivity index is 2.25. The first-order valence-corrected chi connectivity index (χ1v) is 7.35. The largest absolute Gasteiger partial charge is 0.478 e. The molecule has 1 aliphatic rings. The van der Waals surface area contributed by atoms with Gasteiger partial charge in [-0.15, -0.1) is 0 Å². The number of para-hydroxylation sites is 1. The summed E-state index contributed by atoms with van der Waals surface area (Å²) < 4.78 is 0.533. The standard InChI is InChI=1S/C14H17BrN2O3/c15-10-6-4-5-9(12(18)19)11(10)17-13(20)14(16)7-2-1-3-8-14/h4-6H,1-3,7-8,16H2,(H,17,20)(H,18,19). The minimum absolute atomic E-state index is 0.0483. The SMILES string of the molecule is NC1(C(=O)Nc2c(Br)cccc2C(=O)O)CCCCC1. The van der Waals surface area contributed by atoms with Crippen molar-refractivity contribution < 1.29 is 14.7 Å². The Morgan fingerprint density at radius 3 is 2.50 bits per heavy atom. The number of amides is 1. The van der Waals surface area contributed by atoms with E-state index in [-0.39, 0.29) is 17.2 Å². The Bertz CT molecular complexity index is 539. The second kappa shape index (κ2) is 5.93. The maximum atomic E-state index is 12.4. The van der Waals surface area contributed by atoms with Crippen LogP contribution in [0.5, 0.6) is 0 Å². The molecule has 1 aliphatic carbocycles. The van der Waals surface area contributed by atoms with Gasteiger partial charge in [-0.2, -0.15) is 0 Å². The first-order chi connectivity index (χ1) is 9.44. The first kappa shape index (κ1) is 15.0. The fourth-order valence-electron chi connectivity index (χ4n) is 2.48.